The molecule has 2 nitrogen and oxygen atoms in total. The van der Waals surface area contributed by atoms with Crippen LogP contribution in [0.25, 0.3) is 0 Å². The molecule has 0 radical (unpaired) electrons. The van der Waals surface area contributed by atoms with Crippen molar-refractivity contribution in [2.45, 2.75) is 27.7 Å². The highest BCUT2D eigenvalue weighted by Gasteiger charge is 2.11. The standard InChI is InChI=1S/C8H8O2.C7H8.C2H6/c1-6-2-3-7-8(4-6)10-5-9-7;1-7-5-3-2-4-6-7;1-2/h2-4H,5H2,1H3;2-6H,1H3;1-2H3. The molecule has 19 heavy (non-hydrogen) atoms. The molecule has 1 heterocycles. The van der Waals surface area contributed by atoms with Gasteiger partial charge in [0.05, 0.1) is 0 Å². The third-order valence-electron chi connectivity index (χ3n) is 2.47. The first kappa shape index (κ1) is 15.1. The van der Waals surface area contributed by atoms with Gasteiger partial charge in [-0.25, -0.2) is 0 Å². The maximum Gasteiger partial charge on any atom is 0.231 e. The SMILES string of the molecule is CC.Cc1ccc2c(c1)OCO2.Cc1ccccc1. The number of hydrogen-bond donors (Lipinski definition) is 0. The minimum absolute atomic E-state index is 0.360. The molecule has 0 aliphatic carbocycles. The van der Waals surface area contributed by atoms with Gasteiger partial charge in [0.15, 0.2) is 11.5 Å². The molecule has 0 N–H and O–H groups in total. The zero-order valence-corrected chi connectivity index (χ0v) is 12.1. The lowest BCUT2D eigenvalue weighted by atomic mass is 10.2. The summed E-state index contributed by atoms with van der Waals surface area (Å²) in [5.41, 5.74) is 2.52. The van der Waals surface area contributed by atoms with Gasteiger partial charge in [0, 0.05) is 0 Å². The molecule has 0 spiro atoms. The largest absolute Gasteiger partial charge is 0.454 e. The predicted octanol–water partition coefficient (Wildman–Crippen LogP) is 4.74. The van der Waals surface area contributed by atoms with Crippen LogP contribution in [0.2, 0.25) is 0 Å². The minimum atomic E-state index is 0.360. The smallest absolute Gasteiger partial charge is 0.231 e. The molecular weight excluding hydrogens is 236 g/mol. The Morgan fingerprint density at radius 1 is 0.737 bits per heavy atom. The van der Waals surface area contributed by atoms with Crippen molar-refractivity contribution in [3.63, 3.8) is 0 Å². The van der Waals surface area contributed by atoms with Crippen molar-refractivity contribution in [3.05, 3.63) is 59.7 Å². The van der Waals surface area contributed by atoms with Crippen LogP contribution in [0.1, 0.15) is 25.0 Å². The van der Waals surface area contributed by atoms with Gasteiger partial charge < -0.3 is 9.47 Å². The maximum absolute atomic E-state index is 5.16. The first-order valence-corrected chi connectivity index (χ1v) is 6.63. The van der Waals surface area contributed by atoms with Crippen LogP contribution in [0.15, 0.2) is 48.5 Å². The van der Waals surface area contributed by atoms with E-state index in [9.17, 15) is 0 Å². The third-order valence-corrected chi connectivity index (χ3v) is 2.47. The normalized spacial score (nSPS) is 10.7. The average Bonchev–Trinajstić information content (AvgIpc) is 2.90. The Morgan fingerprint density at radius 2 is 1.37 bits per heavy atom. The summed E-state index contributed by atoms with van der Waals surface area (Å²) in [6.45, 7) is 8.47. The Labute approximate surface area is 116 Å². The minimum Gasteiger partial charge on any atom is -0.454 e. The third kappa shape index (κ3) is 5.04. The number of rotatable bonds is 0. The summed E-state index contributed by atoms with van der Waals surface area (Å²) in [4.78, 5) is 0. The fourth-order valence-corrected chi connectivity index (χ4v) is 1.54. The van der Waals surface area contributed by atoms with E-state index >= 15 is 0 Å². The Balaban J connectivity index is 0.000000177. The highest BCUT2D eigenvalue weighted by atomic mass is 16.7. The summed E-state index contributed by atoms with van der Waals surface area (Å²) in [5.74, 6) is 1.71. The molecule has 0 bridgehead atoms. The van der Waals surface area contributed by atoms with Crippen molar-refractivity contribution in [1.82, 2.24) is 0 Å². The maximum atomic E-state index is 5.16. The first-order valence-electron chi connectivity index (χ1n) is 6.63. The van der Waals surface area contributed by atoms with Gasteiger partial charge in [-0.15, -0.1) is 0 Å². The molecule has 0 saturated heterocycles. The second kappa shape index (κ2) is 8.20. The Kier molecular flexibility index (Phi) is 6.51. The van der Waals surface area contributed by atoms with Crippen molar-refractivity contribution in [1.29, 1.82) is 0 Å². The van der Waals surface area contributed by atoms with E-state index in [2.05, 4.69) is 19.1 Å². The molecule has 0 saturated carbocycles. The van der Waals surface area contributed by atoms with Gasteiger partial charge in [-0.05, 0) is 31.5 Å². The lowest BCUT2D eigenvalue weighted by molar-refractivity contribution is 0.174. The molecule has 1 aliphatic rings. The summed E-state index contributed by atoms with van der Waals surface area (Å²) < 4.78 is 10.3. The van der Waals surface area contributed by atoms with Crippen molar-refractivity contribution in [3.8, 4) is 11.5 Å². The molecule has 0 amide bonds. The van der Waals surface area contributed by atoms with E-state index in [1.807, 2.05) is 57.2 Å². The van der Waals surface area contributed by atoms with Crippen molar-refractivity contribution < 1.29 is 9.47 Å². The van der Waals surface area contributed by atoms with Gasteiger partial charge >= 0.3 is 0 Å². The van der Waals surface area contributed by atoms with Crippen LogP contribution >= 0.6 is 0 Å². The monoisotopic (exact) mass is 258 g/mol. The molecule has 1 aliphatic heterocycles. The molecule has 0 atom stereocenters. The second-order valence-corrected chi connectivity index (χ2v) is 4.01. The number of benzene rings is 2. The molecule has 0 unspecified atom stereocenters. The van der Waals surface area contributed by atoms with Crippen LogP contribution in [0.4, 0.5) is 0 Å². The van der Waals surface area contributed by atoms with Gasteiger partial charge in [0.25, 0.3) is 0 Å². The van der Waals surface area contributed by atoms with E-state index in [-0.39, 0.29) is 0 Å². The van der Waals surface area contributed by atoms with Crippen molar-refractivity contribution in [2.75, 3.05) is 6.79 Å². The molecule has 2 heteroatoms. The fourth-order valence-electron chi connectivity index (χ4n) is 1.54. The summed E-state index contributed by atoms with van der Waals surface area (Å²) in [6.07, 6.45) is 0. The van der Waals surface area contributed by atoms with Gasteiger partial charge in [-0.3, -0.25) is 0 Å². The lowest BCUT2D eigenvalue weighted by Gasteiger charge is -1.94. The molecule has 0 aromatic heterocycles. The summed E-state index contributed by atoms with van der Waals surface area (Å²) in [7, 11) is 0. The summed E-state index contributed by atoms with van der Waals surface area (Å²) in [5, 5.41) is 0. The second-order valence-electron chi connectivity index (χ2n) is 4.01. The van der Waals surface area contributed by atoms with Crippen LogP contribution in [-0.4, -0.2) is 6.79 Å². The average molecular weight is 258 g/mol. The molecule has 102 valence electrons. The van der Waals surface area contributed by atoms with Gasteiger partial charge in [0.1, 0.15) is 0 Å². The Morgan fingerprint density at radius 3 is 1.95 bits per heavy atom. The van der Waals surface area contributed by atoms with E-state index in [4.69, 9.17) is 9.47 Å². The number of fused-ring (bicyclic) bond motifs is 1. The van der Waals surface area contributed by atoms with Crippen LogP contribution in [0.3, 0.4) is 0 Å². The summed E-state index contributed by atoms with van der Waals surface area (Å²) >= 11 is 0. The first-order chi connectivity index (χ1) is 9.25. The van der Waals surface area contributed by atoms with Crippen molar-refractivity contribution >= 4 is 0 Å². The van der Waals surface area contributed by atoms with E-state index < -0.39 is 0 Å². The zero-order chi connectivity index (χ0) is 14.1. The number of hydrogen-bond acceptors (Lipinski definition) is 2. The van der Waals surface area contributed by atoms with Gasteiger partial charge in [-0.2, -0.15) is 0 Å². The molecule has 0 fully saturated rings. The van der Waals surface area contributed by atoms with E-state index in [0.29, 0.717) is 6.79 Å². The van der Waals surface area contributed by atoms with Crippen LogP contribution in [-0.2, 0) is 0 Å². The molecule has 3 rings (SSSR count). The molecule has 2 aromatic carbocycles. The van der Waals surface area contributed by atoms with Crippen LogP contribution < -0.4 is 9.47 Å². The topological polar surface area (TPSA) is 18.5 Å². The zero-order valence-electron chi connectivity index (χ0n) is 12.1. The van der Waals surface area contributed by atoms with E-state index in [1.54, 1.807) is 0 Å². The van der Waals surface area contributed by atoms with Gasteiger partial charge in [0.2, 0.25) is 6.79 Å². The van der Waals surface area contributed by atoms with Crippen LogP contribution in [0, 0.1) is 13.8 Å². The van der Waals surface area contributed by atoms with Gasteiger partial charge in [-0.1, -0.05) is 55.8 Å². The molecule has 2 aromatic rings. The molecular formula is C17H22O2. The van der Waals surface area contributed by atoms with E-state index in [1.165, 1.54) is 11.1 Å². The predicted molar refractivity (Wildman–Crippen MR) is 79.8 cm³/mol. The highest BCUT2D eigenvalue weighted by molar-refractivity contribution is 5.43. The fraction of sp³-hybridized carbons (Fsp3) is 0.294. The lowest BCUT2D eigenvalue weighted by Crippen LogP contribution is -1.92. The number of ether oxygens (including phenoxy) is 2. The highest BCUT2D eigenvalue weighted by Crippen LogP contribution is 2.31. The Bertz CT molecular complexity index is 478. The number of aryl methyl sites for hydroxylation is 2. The van der Waals surface area contributed by atoms with Crippen molar-refractivity contribution in [2.24, 2.45) is 0 Å². The quantitative estimate of drug-likeness (QED) is 0.679. The summed E-state index contributed by atoms with van der Waals surface area (Å²) in [6, 6.07) is 16.2. The Hall–Kier alpha value is -1.96. The van der Waals surface area contributed by atoms with Crippen LogP contribution in [0.5, 0.6) is 11.5 Å². The van der Waals surface area contributed by atoms with E-state index in [0.717, 1.165) is 11.5 Å².